The summed E-state index contributed by atoms with van der Waals surface area (Å²) in [5, 5.41) is 0.840. The number of aryl methyl sites for hydroxylation is 1. The highest BCUT2D eigenvalue weighted by atomic mass is 79.9. The molecule has 0 saturated heterocycles. The van der Waals surface area contributed by atoms with Gasteiger partial charge in [-0.3, -0.25) is 4.99 Å². The van der Waals surface area contributed by atoms with E-state index in [4.69, 9.17) is 16.6 Å². The van der Waals surface area contributed by atoms with E-state index in [0.717, 1.165) is 30.7 Å². The van der Waals surface area contributed by atoms with E-state index < -0.39 is 0 Å². The Hall–Kier alpha value is -0.600. The maximum absolute atomic E-state index is 6.13. The van der Waals surface area contributed by atoms with Gasteiger partial charge in [-0.15, -0.1) is 0 Å². The highest BCUT2D eigenvalue weighted by Gasteiger charge is 2.24. The van der Waals surface area contributed by atoms with Crippen molar-refractivity contribution in [2.75, 3.05) is 0 Å². The first-order valence-corrected chi connectivity index (χ1v) is 8.13. The molecule has 100 valence electrons. The minimum atomic E-state index is 0.374. The van der Waals surface area contributed by atoms with Gasteiger partial charge in [0, 0.05) is 22.9 Å². The van der Waals surface area contributed by atoms with E-state index in [9.17, 15) is 0 Å². The average molecular weight is 339 g/mol. The monoisotopic (exact) mass is 337 g/mol. The van der Waals surface area contributed by atoms with Crippen LogP contribution in [0.15, 0.2) is 34.5 Å². The number of halogens is 2. The Labute approximate surface area is 127 Å². The van der Waals surface area contributed by atoms with Crippen LogP contribution in [0.2, 0.25) is 5.02 Å². The normalized spacial score (nSPS) is 26.5. The van der Waals surface area contributed by atoms with Crippen molar-refractivity contribution in [2.24, 2.45) is 4.99 Å². The number of rotatable bonds is 0. The predicted molar refractivity (Wildman–Crippen MR) is 85.7 cm³/mol. The van der Waals surface area contributed by atoms with Gasteiger partial charge in [0.1, 0.15) is 0 Å². The summed E-state index contributed by atoms with van der Waals surface area (Å²) in [6.07, 6.45) is 6.55. The van der Waals surface area contributed by atoms with Crippen molar-refractivity contribution in [3.8, 4) is 0 Å². The average Bonchev–Trinajstić information content (AvgIpc) is 2.64. The first-order chi connectivity index (χ1) is 9.15. The van der Waals surface area contributed by atoms with E-state index in [-0.39, 0.29) is 0 Å². The van der Waals surface area contributed by atoms with E-state index in [1.165, 1.54) is 22.4 Å². The summed E-state index contributed by atoms with van der Waals surface area (Å²) in [4.78, 5) is 5.18. The fourth-order valence-electron chi connectivity index (χ4n) is 3.08. The van der Waals surface area contributed by atoms with Gasteiger partial charge in [-0.25, -0.2) is 0 Å². The van der Waals surface area contributed by atoms with Crippen LogP contribution < -0.4 is 0 Å². The number of hydrogen-bond donors (Lipinski definition) is 0. The number of alkyl halides is 1. The lowest BCUT2D eigenvalue weighted by molar-refractivity contribution is 0.794. The zero-order valence-electron chi connectivity index (χ0n) is 11.0. The van der Waals surface area contributed by atoms with Crippen molar-refractivity contribution in [1.82, 2.24) is 0 Å². The standard InChI is InChI=1S/C16H17BrClN/c1-10-15-7-6-14(18)8-12(15)3-2-11-4-5-13(17)9-19-16(10)11/h6-10,13H,2-5H2,1H3. The predicted octanol–water partition coefficient (Wildman–Crippen LogP) is 5.27. The maximum Gasteiger partial charge on any atom is 0.0501 e. The molecule has 0 radical (unpaired) electrons. The van der Waals surface area contributed by atoms with Crippen LogP contribution in [0.5, 0.6) is 0 Å². The molecule has 3 heteroatoms. The Morgan fingerprint density at radius 3 is 2.95 bits per heavy atom. The molecule has 2 atom stereocenters. The third-order valence-electron chi connectivity index (χ3n) is 4.14. The van der Waals surface area contributed by atoms with Crippen LogP contribution in [0.1, 0.15) is 43.2 Å². The zero-order valence-corrected chi connectivity index (χ0v) is 13.3. The number of allylic oxidation sites excluding steroid dienone is 2. The molecule has 0 N–H and O–H groups in total. The summed E-state index contributed by atoms with van der Waals surface area (Å²) in [5.41, 5.74) is 5.58. The Morgan fingerprint density at radius 1 is 1.26 bits per heavy atom. The van der Waals surface area contributed by atoms with E-state index >= 15 is 0 Å². The van der Waals surface area contributed by atoms with Crippen LogP contribution in [-0.2, 0) is 6.42 Å². The molecule has 1 aliphatic heterocycles. The molecule has 1 nitrogen and oxygen atoms in total. The third kappa shape index (κ3) is 2.66. The Morgan fingerprint density at radius 2 is 2.11 bits per heavy atom. The van der Waals surface area contributed by atoms with Crippen molar-refractivity contribution < 1.29 is 0 Å². The van der Waals surface area contributed by atoms with Crippen molar-refractivity contribution in [2.45, 2.75) is 43.4 Å². The lowest BCUT2D eigenvalue weighted by Gasteiger charge is -2.15. The second-order valence-electron chi connectivity index (χ2n) is 5.39. The van der Waals surface area contributed by atoms with Crippen molar-refractivity contribution in [3.05, 3.63) is 45.6 Å². The zero-order chi connectivity index (χ0) is 13.4. The molecule has 0 aromatic heterocycles. The molecule has 0 spiro atoms. The van der Waals surface area contributed by atoms with Crippen LogP contribution >= 0.6 is 27.5 Å². The lowest BCUT2D eigenvalue weighted by Crippen LogP contribution is -2.00. The first-order valence-electron chi connectivity index (χ1n) is 6.83. The summed E-state index contributed by atoms with van der Waals surface area (Å²) in [5.74, 6) is 0.374. The highest BCUT2D eigenvalue weighted by molar-refractivity contribution is 9.09. The molecule has 3 rings (SSSR count). The molecular formula is C16H17BrClN. The highest BCUT2D eigenvalue weighted by Crippen LogP contribution is 2.39. The molecule has 1 aliphatic carbocycles. The van der Waals surface area contributed by atoms with Gasteiger partial charge in [-0.05, 0) is 54.5 Å². The molecule has 0 bridgehead atoms. The van der Waals surface area contributed by atoms with Crippen molar-refractivity contribution in [1.29, 1.82) is 0 Å². The lowest BCUT2D eigenvalue weighted by atomic mass is 9.93. The van der Waals surface area contributed by atoms with Crippen LogP contribution in [0.3, 0.4) is 0 Å². The SMILES string of the molecule is CC1C2=C(CCc3cc(Cl)ccc31)CCC(Br)C=N2. The van der Waals surface area contributed by atoms with E-state index in [0.29, 0.717) is 10.7 Å². The fraction of sp³-hybridized carbons (Fsp3) is 0.438. The maximum atomic E-state index is 6.13. The van der Waals surface area contributed by atoms with Gasteiger partial charge in [0.25, 0.3) is 0 Å². The van der Waals surface area contributed by atoms with Gasteiger partial charge in [0.2, 0.25) is 0 Å². The second-order valence-corrected chi connectivity index (χ2v) is 7.00. The van der Waals surface area contributed by atoms with Crippen LogP contribution in [-0.4, -0.2) is 11.0 Å². The molecule has 1 heterocycles. The molecule has 0 amide bonds. The van der Waals surface area contributed by atoms with Gasteiger partial charge in [0.05, 0.1) is 4.83 Å². The molecule has 0 fully saturated rings. The fourth-order valence-corrected chi connectivity index (χ4v) is 3.63. The molecule has 2 aliphatic rings. The summed E-state index contributed by atoms with van der Waals surface area (Å²) in [7, 11) is 0. The van der Waals surface area contributed by atoms with E-state index in [1.54, 1.807) is 0 Å². The van der Waals surface area contributed by atoms with Gasteiger partial charge < -0.3 is 0 Å². The molecule has 2 unspecified atom stereocenters. The summed E-state index contributed by atoms with van der Waals surface area (Å²) >= 11 is 9.79. The Bertz CT molecular complexity index is 562. The molecule has 1 aromatic rings. The van der Waals surface area contributed by atoms with Crippen molar-refractivity contribution >= 4 is 33.7 Å². The van der Waals surface area contributed by atoms with Gasteiger partial charge in [-0.2, -0.15) is 0 Å². The number of fused-ring (bicyclic) bond motifs is 1. The summed E-state index contributed by atoms with van der Waals surface area (Å²) < 4.78 is 0. The minimum absolute atomic E-state index is 0.374. The van der Waals surface area contributed by atoms with E-state index in [1.807, 2.05) is 6.07 Å². The molecule has 0 saturated carbocycles. The number of aliphatic imine (C=N–C) groups is 1. The quantitative estimate of drug-likeness (QED) is 0.571. The van der Waals surface area contributed by atoms with E-state index in [2.05, 4.69) is 41.2 Å². The van der Waals surface area contributed by atoms with Crippen molar-refractivity contribution in [3.63, 3.8) is 0 Å². The van der Waals surface area contributed by atoms with Gasteiger partial charge in [-0.1, -0.05) is 40.5 Å². The van der Waals surface area contributed by atoms with Gasteiger partial charge in [0.15, 0.2) is 0 Å². The smallest absolute Gasteiger partial charge is 0.0501 e. The van der Waals surface area contributed by atoms with Gasteiger partial charge >= 0.3 is 0 Å². The van der Waals surface area contributed by atoms with Crippen LogP contribution in [0, 0.1) is 0 Å². The minimum Gasteiger partial charge on any atom is -0.264 e. The van der Waals surface area contributed by atoms with Crippen LogP contribution in [0.25, 0.3) is 0 Å². The number of nitrogens with zero attached hydrogens (tertiary/aromatic N) is 1. The Balaban J connectivity index is 2.04. The molecule has 19 heavy (non-hydrogen) atoms. The number of benzene rings is 1. The largest absolute Gasteiger partial charge is 0.264 e. The molecular weight excluding hydrogens is 322 g/mol. The third-order valence-corrected chi connectivity index (χ3v) is 5.07. The van der Waals surface area contributed by atoms with Crippen LogP contribution in [0.4, 0.5) is 0 Å². The Kier molecular flexibility index (Phi) is 3.81. The topological polar surface area (TPSA) is 12.4 Å². The first kappa shape index (κ1) is 13.4. The summed E-state index contributed by atoms with van der Waals surface area (Å²) in [6, 6.07) is 6.29. The summed E-state index contributed by atoms with van der Waals surface area (Å²) in [6.45, 7) is 2.26. The molecule has 1 aromatic carbocycles. The number of hydrogen-bond acceptors (Lipinski definition) is 1. The second kappa shape index (κ2) is 5.41.